The van der Waals surface area contributed by atoms with Crippen LogP contribution < -0.4 is 50.0 Å². The van der Waals surface area contributed by atoms with Gasteiger partial charge in [0, 0.05) is 0 Å². The van der Waals surface area contributed by atoms with E-state index in [0.717, 1.165) is 0 Å². The molecule has 0 aliphatic rings. The van der Waals surface area contributed by atoms with E-state index in [1.807, 2.05) is 0 Å². The van der Waals surface area contributed by atoms with Crippen LogP contribution in [0.1, 0.15) is 0 Å². The van der Waals surface area contributed by atoms with Gasteiger partial charge in [-0.2, -0.15) is 0 Å². The predicted molar refractivity (Wildman–Crippen MR) is 16.5 cm³/mol. The van der Waals surface area contributed by atoms with Crippen LogP contribution in [0, 0.1) is 0 Å². The molecule has 0 fully saturated rings. The Hall–Kier alpha value is 0.358. The van der Waals surface area contributed by atoms with Crippen molar-refractivity contribution in [1.29, 1.82) is 0 Å². The van der Waals surface area contributed by atoms with Crippen molar-refractivity contribution in [1.82, 2.24) is 0 Å². The number of carbonyl (C=O) groups is 2. The molecular formula is C2NaO6Sb. The Labute approximate surface area is 95.6 Å². The van der Waals surface area contributed by atoms with Gasteiger partial charge < -0.3 is 30.0 Å². The molecule has 6 nitrogen and oxygen atoms in total. The van der Waals surface area contributed by atoms with Crippen molar-refractivity contribution >= 4 is 36.7 Å². The second-order valence-corrected chi connectivity index (χ2v) is 0.500. The molecule has 0 saturated heterocycles. The molecule has 0 aliphatic carbocycles. The maximum atomic E-state index is 8.33. The molecule has 10 heavy (non-hydrogen) atoms. The topological polar surface area (TPSA) is 126 Å². The molecule has 8 heteroatoms. The van der Waals surface area contributed by atoms with Gasteiger partial charge in [0.2, 0.25) is 0 Å². The van der Waals surface area contributed by atoms with Gasteiger partial charge in [-0.15, -0.1) is 0 Å². The van der Waals surface area contributed by atoms with Crippen molar-refractivity contribution in [3.05, 3.63) is 0 Å². The van der Waals surface area contributed by atoms with Crippen molar-refractivity contribution < 1.29 is 59.6 Å². The summed E-state index contributed by atoms with van der Waals surface area (Å²) in [4.78, 5) is 16.7. The third-order valence-electron chi connectivity index (χ3n) is 0. The largest absolute Gasteiger partial charge is 3.00 e. The molecule has 0 aromatic heterocycles. The van der Waals surface area contributed by atoms with E-state index in [-0.39, 0.29) is 54.0 Å². The molecule has 0 aromatic rings. The average Bonchev–Trinajstić information content (AvgIpc) is 1.25. The van der Waals surface area contributed by atoms with Crippen LogP contribution in [0.15, 0.2) is 0 Å². The van der Waals surface area contributed by atoms with Crippen LogP contribution in [-0.4, -0.2) is 36.7 Å². The van der Waals surface area contributed by atoms with Crippen LogP contribution in [0.2, 0.25) is 0 Å². The van der Waals surface area contributed by atoms with Crippen molar-refractivity contribution in [3.63, 3.8) is 0 Å². The predicted octanol–water partition coefficient (Wildman–Crippen LogP) is -8.27. The molecule has 2 radical (unpaired) electrons. The number of hydrogen-bond acceptors (Lipinski definition) is 6. The summed E-state index contributed by atoms with van der Waals surface area (Å²) in [6.45, 7) is 0. The molecule has 0 bridgehead atoms. The van der Waals surface area contributed by atoms with Crippen molar-refractivity contribution in [2.75, 3.05) is 0 Å². The van der Waals surface area contributed by atoms with Crippen LogP contribution in [0.5, 0.6) is 0 Å². The van der Waals surface area contributed by atoms with E-state index in [2.05, 4.69) is 0 Å². The quantitative estimate of drug-likeness (QED) is 0.400. The van der Waals surface area contributed by atoms with Gasteiger partial charge in [-0.25, -0.2) is 0 Å². The van der Waals surface area contributed by atoms with E-state index >= 15 is 0 Å². The Bertz CT molecular complexity index is 73.7. The summed E-state index contributed by atoms with van der Waals surface area (Å²) in [6, 6.07) is 0. The monoisotopic (exact) mass is 264 g/mol. The average molecular weight is 265 g/mol. The first kappa shape index (κ1) is 22.4. The Morgan fingerprint density at radius 1 is 0.800 bits per heavy atom. The number of hydrogen-bond donors (Lipinski definition) is 0. The van der Waals surface area contributed by atoms with E-state index in [1.54, 1.807) is 0 Å². The van der Waals surface area contributed by atoms with Crippen molar-refractivity contribution in [2.45, 2.75) is 0 Å². The summed E-state index contributed by atoms with van der Waals surface area (Å²) in [6.07, 6.45) is -4.67. The van der Waals surface area contributed by atoms with Gasteiger partial charge in [-0.05, 0) is 12.3 Å². The van der Waals surface area contributed by atoms with Gasteiger partial charge in [0.05, 0.1) is 0 Å². The van der Waals surface area contributed by atoms with Crippen LogP contribution in [-0.2, 0) is 0 Å². The molecule has 0 amide bonds. The molecule has 0 aliphatic heterocycles. The smallest absolute Gasteiger partial charge is 0.652 e. The molecule has 0 atom stereocenters. The van der Waals surface area contributed by atoms with Crippen LogP contribution in [0.3, 0.4) is 0 Å². The molecule has 0 rings (SSSR count). The fourth-order valence-electron chi connectivity index (χ4n) is 0. The zero-order chi connectivity index (χ0) is 7.15. The maximum Gasteiger partial charge on any atom is 3.00 e. The Kier molecular flexibility index (Phi) is 36.3. The van der Waals surface area contributed by atoms with E-state index in [1.165, 1.54) is 0 Å². The summed E-state index contributed by atoms with van der Waals surface area (Å²) in [5, 5.41) is 33.3. The van der Waals surface area contributed by atoms with Gasteiger partial charge in [0.15, 0.2) is 0 Å². The third-order valence-corrected chi connectivity index (χ3v) is 0. The van der Waals surface area contributed by atoms with E-state index in [4.69, 9.17) is 30.0 Å². The molecule has 0 aromatic carbocycles. The summed E-state index contributed by atoms with van der Waals surface area (Å²) in [5.41, 5.74) is 0. The standard InChI is InChI=1S/2CH2O3.Na.Sb/c2*2-1(3)4;;/h2*(H2,2,3,4);;/q;;+1;+3/p-4. The van der Waals surface area contributed by atoms with Crippen LogP contribution in [0.4, 0.5) is 9.59 Å². The minimum Gasteiger partial charge on any atom is -0.652 e. The van der Waals surface area contributed by atoms with Gasteiger partial charge in [0.25, 0.3) is 0 Å². The molecule has 0 N–H and O–H groups in total. The summed E-state index contributed by atoms with van der Waals surface area (Å²) in [5.74, 6) is 0. The summed E-state index contributed by atoms with van der Waals surface area (Å²) in [7, 11) is 0. The normalized spacial score (nSPS) is 4.80. The maximum absolute atomic E-state index is 8.33. The second-order valence-electron chi connectivity index (χ2n) is 0.500. The van der Waals surface area contributed by atoms with Gasteiger partial charge in [-0.1, -0.05) is 0 Å². The minimum absolute atomic E-state index is 0. The van der Waals surface area contributed by atoms with Crippen molar-refractivity contribution in [3.8, 4) is 0 Å². The Morgan fingerprint density at radius 2 is 0.800 bits per heavy atom. The molecule has 0 spiro atoms. The first-order chi connectivity index (χ1) is 3.46. The molecule has 0 unspecified atom stereocenters. The van der Waals surface area contributed by atoms with Gasteiger partial charge in [0.1, 0.15) is 0 Å². The Balaban J connectivity index is -0.0000000300. The third kappa shape index (κ3) is 3530. The van der Waals surface area contributed by atoms with Crippen molar-refractivity contribution in [2.24, 2.45) is 0 Å². The summed E-state index contributed by atoms with van der Waals surface area (Å²) < 4.78 is 0. The zero-order valence-electron chi connectivity index (χ0n) is 4.90. The second kappa shape index (κ2) is 16.2. The first-order valence-corrected chi connectivity index (χ1v) is 1.22. The molecule has 0 heterocycles. The molecule has 0 saturated carbocycles. The van der Waals surface area contributed by atoms with E-state index in [0.29, 0.717) is 0 Å². The van der Waals surface area contributed by atoms with Crippen LogP contribution >= 0.6 is 0 Å². The van der Waals surface area contributed by atoms with E-state index < -0.39 is 12.3 Å². The fourth-order valence-corrected chi connectivity index (χ4v) is 0. The fraction of sp³-hybridized carbons (Fsp3) is 0. The number of rotatable bonds is 0. The van der Waals surface area contributed by atoms with Crippen LogP contribution in [0.25, 0.3) is 0 Å². The van der Waals surface area contributed by atoms with E-state index in [9.17, 15) is 0 Å². The first-order valence-electron chi connectivity index (χ1n) is 1.22. The minimum atomic E-state index is -2.33. The zero-order valence-corrected chi connectivity index (χ0v) is 9.45. The SMILES string of the molecule is O=C([O-])[O-].O=C([O-])[O-].[Na+].[Sb+3]. The molecular weight excluding hydrogens is 265 g/mol. The van der Waals surface area contributed by atoms with Gasteiger partial charge in [-0.3, -0.25) is 0 Å². The Morgan fingerprint density at radius 3 is 0.800 bits per heavy atom. The number of carbonyl (C=O) groups excluding carboxylic acids is 2. The van der Waals surface area contributed by atoms with Gasteiger partial charge >= 0.3 is 54.0 Å². The molecule has 50 valence electrons. The summed E-state index contributed by atoms with van der Waals surface area (Å²) >= 11 is 0. The number of carboxylic acid groups (broad SMARTS) is 4.